The van der Waals surface area contributed by atoms with E-state index in [2.05, 4.69) is 5.32 Å². The van der Waals surface area contributed by atoms with Crippen LogP contribution in [-0.4, -0.2) is 18.7 Å². The number of hydrogen-bond donors (Lipinski definition) is 1. The number of fused-ring (bicyclic) bond motifs is 1. The first-order chi connectivity index (χ1) is 9.37. The highest BCUT2D eigenvalue weighted by molar-refractivity contribution is 5.86. The van der Waals surface area contributed by atoms with Gasteiger partial charge in [-0.1, -0.05) is 12.1 Å². The fourth-order valence-electron chi connectivity index (χ4n) is 1.83. The van der Waals surface area contributed by atoms with Gasteiger partial charge in [0.05, 0.1) is 7.11 Å². The Bertz CT molecular complexity index is 629. The van der Waals surface area contributed by atoms with Gasteiger partial charge in [0.2, 0.25) is 0 Å². The molecule has 0 spiro atoms. The Balaban J connectivity index is 2.20. The number of carbonyl (C=O) groups excluding carboxylic acids is 1. The third-order valence-electron chi connectivity index (χ3n) is 2.71. The van der Waals surface area contributed by atoms with E-state index in [4.69, 9.17) is 9.47 Å². The summed E-state index contributed by atoms with van der Waals surface area (Å²) in [5, 5.41) is 4.78. The quantitative estimate of drug-likeness (QED) is 0.906. The van der Waals surface area contributed by atoms with Crippen LogP contribution in [0.4, 0.5) is 4.79 Å². The van der Waals surface area contributed by atoms with Gasteiger partial charge in [-0.05, 0) is 55.8 Å². The van der Waals surface area contributed by atoms with Crippen LogP contribution in [0.2, 0.25) is 0 Å². The van der Waals surface area contributed by atoms with Crippen LogP contribution in [-0.2, 0) is 0 Å². The standard InChI is InChI=1S/C16H19NO3/c1-16(2,3)17-15(18)20-14-8-6-11-5-7-13(19-4)9-12(11)10-14/h5-10H,1-4H3,(H,17,18). The molecule has 106 valence electrons. The Morgan fingerprint density at radius 2 is 1.60 bits per heavy atom. The molecule has 2 aromatic rings. The van der Waals surface area contributed by atoms with Crippen LogP contribution in [0.25, 0.3) is 10.8 Å². The second kappa shape index (κ2) is 5.41. The highest BCUT2D eigenvalue weighted by Crippen LogP contribution is 2.25. The second-order valence-electron chi connectivity index (χ2n) is 5.64. The van der Waals surface area contributed by atoms with E-state index in [-0.39, 0.29) is 5.54 Å². The van der Waals surface area contributed by atoms with Gasteiger partial charge >= 0.3 is 6.09 Å². The Hall–Kier alpha value is -2.23. The van der Waals surface area contributed by atoms with Crippen LogP contribution in [0.15, 0.2) is 36.4 Å². The number of ether oxygens (including phenoxy) is 2. The van der Waals surface area contributed by atoms with Crippen molar-refractivity contribution in [2.75, 3.05) is 7.11 Å². The van der Waals surface area contributed by atoms with E-state index in [1.165, 1.54) is 0 Å². The summed E-state index contributed by atoms with van der Waals surface area (Å²) in [5.74, 6) is 1.28. The van der Waals surface area contributed by atoms with E-state index in [1.807, 2.05) is 51.1 Å². The van der Waals surface area contributed by atoms with Crippen molar-refractivity contribution in [1.29, 1.82) is 0 Å². The molecule has 1 N–H and O–H groups in total. The maximum atomic E-state index is 11.7. The van der Waals surface area contributed by atoms with Gasteiger partial charge in [-0.3, -0.25) is 0 Å². The summed E-state index contributed by atoms with van der Waals surface area (Å²) in [5.41, 5.74) is -0.322. The average molecular weight is 273 g/mol. The molecule has 20 heavy (non-hydrogen) atoms. The van der Waals surface area contributed by atoms with Crippen molar-refractivity contribution in [3.05, 3.63) is 36.4 Å². The number of hydrogen-bond acceptors (Lipinski definition) is 3. The topological polar surface area (TPSA) is 47.6 Å². The first kappa shape index (κ1) is 14.2. The van der Waals surface area contributed by atoms with Gasteiger partial charge < -0.3 is 14.8 Å². The minimum Gasteiger partial charge on any atom is -0.497 e. The van der Waals surface area contributed by atoms with Crippen LogP contribution in [0.5, 0.6) is 11.5 Å². The van der Waals surface area contributed by atoms with Gasteiger partial charge in [0.1, 0.15) is 11.5 Å². The van der Waals surface area contributed by atoms with Crippen molar-refractivity contribution >= 4 is 16.9 Å². The molecule has 2 rings (SSSR count). The van der Waals surface area contributed by atoms with E-state index < -0.39 is 6.09 Å². The molecule has 0 unspecified atom stereocenters. The predicted octanol–water partition coefficient (Wildman–Crippen LogP) is 3.74. The molecule has 1 amide bonds. The zero-order valence-corrected chi connectivity index (χ0v) is 12.2. The number of amides is 1. The largest absolute Gasteiger partial charge is 0.497 e. The van der Waals surface area contributed by atoms with Crippen molar-refractivity contribution in [2.45, 2.75) is 26.3 Å². The molecular weight excluding hydrogens is 254 g/mol. The lowest BCUT2D eigenvalue weighted by atomic mass is 10.1. The molecular formula is C16H19NO3. The fraction of sp³-hybridized carbons (Fsp3) is 0.312. The molecule has 0 heterocycles. The second-order valence-corrected chi connectivity index (χ2v) is 5.64. The molecule has 0 aliphatic carbocycles. The van der Waals surface area contributed by atoms with E-state index in [0.717, 1.165) is 16.5 Å². The minimum absolute atomic E-state index is 0.322. The normalized spacial score (nSPS) is 11.2. The summed E-state index contributed by atoms with van der Waals surface area (Å²) in [6, 6.07) is 11.3. The molecule has 0 aliphatic heterocycles. The molecule has 0 fully saturated rings. The molecule has 2 aromatic carbocycles. The van der Waals surface area contributed by atoms with Gasteiger partial charge in [0, 0.05) is 5.54 Å². The molecule has 0 saturated heterocycles. The summed E-state index contributed by atoms with van der Waals surface area (Å²) < 4.78 is 10.5. The Labute approximate surface area is 118 Å². The van der Waals surface area contributed by atoms with Crippen molar-refractivity contribution in [3.63, 3.8) is 0 Å². The maximum absolute atomic E-state index is 11.7. The predicted molar refractivity (Wildman–Crippen MR) is 79.4 cm³/mol. The van der Waals surface area contributed by atoms with Gasteiger partial charge in [-0.2, -0.15) is 0 Å². The van der Waals surface area contributed by atoms with E-state index in [1.54, 1.807) is 13.2 Å². The van der Waals surface area contributed by atoms with Crippen LogP contribution in [0.3, 0.4) is 0 Å². The fourth-order valence-corrected chi connectivity index (χ4v) is 1.83. The van der Waals surface area contributed by atoms with E-state index in [0.29, 0.717) is 5.75 Å². The summed E-state index contributed by atoms with van der Waals surface area (Å²) in [6.45, 7) is 5.71. The van der Waals surface area contributed by atoms with Crippen LogP contribution >= 0.6 is 0 Å². The molecule has 0 saturated carbocycles. The van der Waals surface area contributed by atoms with Gasteiger partial charge in [-0.25, -0.2) is 4.79 Å². The average Bonchev–Trinajstić information content (AvgIpc) is 2.35. The van der Waals surface area contributed by atoms with Crippen molar-refractivity contribution in [3.8, 4) is 11.5 Å². The molecule has 0 radical (unpaired) electrons. The zero-order chi connectivity index (χ0) is 14.8. The maximum Gasteiger partial charge on any atom is 0.413 e. The SMILES string of the molecule is COc1ccc2ccc(OC(=O)NC(C)(C)C)cc2c1. The smallest absolute Gasteiger partial charge is 0.413 e. The zero-order valence-electron chi connectivity index (χ0n) is 12.2. The van der Waals surface area contributed by atoms with Crippen LogP contribution < -0.4 is 14.8 Å². The van der Waals surface area contributed by atoms with Crippen molar-refractivity contribution in [1.82, 2.24) is 5.32 Å². The van der Waals surface area contributed by atoms with Crippen molar-refractivity contribution in [2.24, 2.45) is 0 Å². The molecule has 0 aliphatic rings. The summed E-state index contributed by atoms with van der Waals surface area (Å²) in [4.78, 5) is 11.7. The first-order valence-corrected chi connectivity index (χ1v) is 6.45. The molecule has 4 nitrogen and oxygen atoms in total. The number of carbonyl (C=O) groups is 1. The lowest BCUT2D eigenvalue weighted by Crippen LogP contribution is -2.42. The highest BCUT2D eigenvalue weighted by Gasteiger charge is 2.15. The monoisotopic (exact) mass is 273 g/mol. The summed E-state index contributed by atoms with van der Waals surface area (Å²) in [6.07, 6.45) is -0.459. The summed E-state index contributed by atoms with van der Waals surface area (Å²) >= 11 is 0. The number of benzene rings is 2. The molecule has 0 bridgehead atoms. The number of rotatable bonds is 2. The van der Waals surface area contributed by atoms with Crippen LogP contribution in [0, 0.1) is 0 Å². The lowest BCUT2D eigenvalue weighted by Gasteiger charge is -2.19. The van der Waals surface area contributed by atoms with Gasteiger partial charge in [-0.15, -0.1) is 0 Å². The van der Waals surface area contributed by atoms with E-state index >= 15 is 0 Å². The Morgan fingerprint density at radius 3 is 2.20 bits per heavy atom. The first-order valence-electron chi connectivity index (χ1n) is 6.45. The molecule has 0 aromatic heterocycles. The van der Waals surface area contributed by atoms with Crippen LogP contribution in [0.1, 0.15) is 20.8 Å². The van der Waals surface area contributed by atoms with Gasteiger partial charge in [0.15, 0.2) is 0 Å². The lowest BCUT2D eigenvalue weighted by molar-refractivity contribution is 0.190. The van der Waals surface area contributed by atoms with E-state index in [9.17, 15) is 4.79 Å². The minimum atomic E-state index is -0.459. The highest BCUT2D eigenvalue weighted by atomic mass is 16.6. The third-order valence-corrected chi connectivity index (χ3v) is 2.71. The summed E-state index contributed by atoms with van der Waals surface area (Å²) in [7, 11) is 1.62. The molecule has 0 atom stereocenters. The Kier molecular flexibility index (Phi) is 3.84. The Morgan fingerprint density at radius 1 is 1.00 bits per heavy atom. The van der Waals surface area contributed by atoms with Gasteiger partial charge in [0.25, 0.3) is 0 Å². The number of nitrogens with one attached hydrogen (secondary N) is 1. The molecule has 4 heteroatoms. The number of methoxy groups -OCH3 is 1. The third kappa shape index (κ3) is 3.63. The van der Waals surface area contributed by atoms with Crippen molar-refractivity contribution < 1.29 is 14.3 Å².